The van der Waals surface area contributed by atoms with E-state index in [1.54, 1.807) is 0 Å². The normalized spacial score (nSPS) is 10.3. The summed E-state index contributed by atoms with van der Waals surface area (Å²) in [5.41, 5.74) is 0. The fourth-order valence-electron chi connectivity index (χ4n) is 0.270. The SMILES string of the molecule is O=C(O)C(O)C(O)C(=O)O.O=C([O-])[O-].O=C([O-])[O-].[Ca+2].[Sr+2]. The first kappa shape index (κ1) is 32.2. The third-order valence-corrected chi connectivity index (χ3v) is 0.805. The number of hydrogen-bond donors (Lipinski definition) is 4. The summed E-state index contributed by atoms with van der Waals surface area (Å²) >= 11 is 0. The molecule has 2 atom stereocenters. The van der Waals surface area contributed by atoms with Crippen molar-refractivity contribution in [2.45, 2.75) is 12.2 Å². The van der Waals surface area contributed by atoms with Gasteiger partial charge in [0.2, 0.25) is 0 Å². The van der Waals surface area contributed by atoms with E-state index in [0.29, 0.717) is 0 Å². The van der Waals surface area contributed by atoms with Gasteiger partial charge in [-0.1, -0.05) is 0 Å². The van der Waals surface area contributed by atoms with E-state index in [1.807, 2.05) is 0 Å². The summed E-state index contributed by atoms with van der Waals surface area (Å²) in [4.78, 5) is 36.2. The molecule has 0 aliphatic heterocycles. The largest absolute Gasteiger partial charge is 2.00 e. The summed E-state index contributed by atoms with van der Waals surface area (Å²) < 4.78 is 0. The molecule has 0 saturated heterocycles. The Kier molecular flexibility index (Phi) is 30.8. The van der Waals surface area contributed by atoms with Crippen LogP contribution in [0.15, 0.2) is 0 Å². The van der Waals surface area contributed by atoms with Crippen molar-refractivity contribution in [1.29, 1.82) is 0 Å². The molecule has 0 amide bonds. The summed E-state index contributed by atoms with van der Waals surface area (Å²) in [6.07, 6.45) is -9.20. The van der Waals surface area contributed by atoms with Gasteiger partial charge >= 0.3 is 95.2 Å². The van der Waals surface area contributed by atoms with Crippen molar-refractivity contribution in [2.75, 3.05) is 0 Å². The van der Waals surface area contributed by atoms with Gasteiger partial charge in [0.1, 0.15) is 0 Å². The van der Waals surface area contributed by atoms with E-state index in [4.69, 9.17) is 50.4 Å². The minimum absolute atomic E-state index is 0. The van der Waals surface area contributed by atoms with E-state index < -0.39 is 36.5 Å². The van der Waals surface area contributed by atoms with Crippen LogP contribution in [0.2, 0.25) is 0 Å². The van der Waals surface area contributed by atoms with E-state index in [9.17, 15) is 9.59 Å². The summed E-state index contributed by atoms with van der Waals surface area (Å²) in [5, 5.41) is 65.9. The molecule has 0 heterocycles. The molecule has 0 aliphatic rings. The number of carbonyl (C=O) groups excluding carboxylic acids is 2. The van der Waals surface area contributed by atoms with Crippen LogP contribution in [0, 0.1) is 0 Å². The number of carboxylic acid groups (broad SMARTS) is 6. The standard InChI is InChI=1S/C4H6O6.2CH2O3.Ca.Sr/c5-1(3(7)8)2(6)4(9)10;2*2-1(3)4;;/h1-2,5-6H,(H,7,8)(H,9,10);2*(H2,2,3,4);;/q;;;2*+2/p-4. The summed E-state index contributed by atoms with van der Waals surface area (Å²) in [6, 6.07) is 0. The molecule has 20 heavy (non-hydrogen) atoms. The zero-order valence-corrected chi connectivity index (χ0v) is 15.3. The second-order valence-corrected chi connectivity index (χ2v) is 2.07. The number of aliphatic hydroxyl groups is 2. The van der Waals surface area contributed by atoms with Crippen LogP contribution in [-0.2, 0) is 9.59 Å². The maximum Gasteiger partial charge on any atom is 2.00 e. The minimum atomic E-state index is -2.33. The Morgan fingerprint density at radius 2 is 0.800 bits per heavy atom. The molecule has 0 saturated carbocycles. The van der Waals surface area contributed by atoms with Crippen molar-refractivity contribution in [3.63, 3.8) is 0 Å². The average molecular weight is 398 g/mol. The molecule has 0 fully saturated rings. The van der Waals surface area contributed by atoms with Gasteiger partial charge in [-0.3, -0.25) is 0 Å². The molecule has 4 N–H and O–H groups in total. The fourth-order valence-corrected chi connectivity index (χ4v) is 0.270. The second-order valence-electron chi connectivity index (χ2n) is 2.07. The average Bonchev–Trinajstić information content (AvgIpc) is 2.13. The van der Waals surface area contributed by atoms with Crippen LogP contribution >= 0.6 is 0 Å². The van der Waals surface area contributed by atoms with E-state index >= 15 is 0 Å². The van der Waals surface area contributed by atoms with Gasteiger partial charge in [-0.15, -0.1) is 0 Å². The van der Waals surface area contributed by atoms with Gasteiger partial charge in [0.05, 0.1) is 0 Å². The number of carboxylic acids is 2. The zero-order chi connectivity index (χ0) is 15.5. The molecule has 0 aromatic carbocycles. The number of hydrogen-bond acceptors (Lipinski definition) is 10. The number of rotatable bonds is 3. The molecule has 12 nitrogen and oxygen atoms in total. The topological polar surface area (TPSA) is 241 Å². The minimum Gasteiger partial charge on any atom is -0.652 e. The summed E-state index contributed by atoms with van der Waals surface area (Å²) in [5.74, 6) is -3.54. The molecule has 0 aromatic heterocycles. The number of carbonyl (C=O) groups is 4. The van der Waals surface area contributed by atoms with Crippen LogP contribution in [-0.4, -0.2) is 140 Å². The van der Waals surface area contributed by atoms with Crippen LogP contribution in [0.3, 0.4) is 0 Å². The Morgan fingerprint density at radius 3 is 0.850 bits per heavy atom. The second kappa shape index (κ2) is 19.1. The molecule has 0 rings (SSSR count). The Morgan fingerprint density at radius 1 is 0.700 bits per heavy atom. The van der Waals surface area contributed by atoms with Gasteiger partial charge in [-0.2, -0.15) is 0 Å². The van der Waals surface area contributed by atoms with Gasteiger partial charge in [0, 0.05) is 0 Å². The predicted molar refractivity (Wildman–Crippen MR) is 49.6 cm³/mol. The molecule has 0 bridgehead atoms. The van der Waals surface area contributed by atoms with Crippen LogP contribution in [0.5, 0.6) is 0 Å². The molecule has 106 valence electrons. The first-order valence-corrected chi connectivity index (χ1v) is 3.51. The van der Waals surface area contributed by atoms with Gasteiger partial charge < -0.3 is 50.4 Å². The van der Waals surface area contributed by atoms with E-state index in [2.05, 4.69) is 0 Å². The molecule has 2 unspecified atom stereocenters. The van der Waals surface area contributed by atoms with E-state index in [1.165, 1.54) is 0 Å². The van der Waals surface area contributed by atoms with Gasteiger partial charge in [0.25, 0.3) is 0 Å². The quantitative estimate of drug-likeness (QED) is 0.324. The maximum atomic E-state index is 9.77. The predicted octanol–water partition coefficient (Wildman–Crippen LogP) is -7.78. The number of aliphatic carboxylic acids is 2. The third-order valence-electron chi connectivity index (χ3n) is 0.805. The molecule has 0 radical (unpaired) electrons. The fraction of sp³-hybridized carbons (Fsp3) is 0.333. The van der Waals surface area contributed by atoms with Gasteiger partial charge in [-0.25, -0.2) is 9.59 Å². The van der Waals surface area contributed by atoms with Gasteiger partial charge in [0.15, 0.2) is 12.2 Å². The van der Waals surface area contributed by atoms with E-state index in [-0.39, 0.29) is 83.2 Å². The summed E-state index contributed by atoms with van der Waals surface area (Å²) in [7, 11) is 0. The Balaban J connectivity index is -0.0000000637. The van der Waals surface area contributed by atoms with E-state index in [0.717, 1.165) is 0 Å². The van der Waals surface area contributed by atoms with Gasteiger partial charge in [-0.05, 0) is 12.3 Å². The van der Waals surface area contributed by atoms with Crippen LogP contribution in [0.4, 0.5) is 9.59 Å². The Labute approximate surface area is 177 Å². The molecular weight excluding hydrogens is 392 g/mol. The van der Waals surface area contributed by atoms with Crippen LogP contribution < -0.4 is 20.4 Å². The first-order chi connectivity index (χ1) is 7.93. The Bertz CT molecular complexity index is 268. The van der Waals surface area contributed by atoms with Crippen molar-refractivity contribution in [3.8, 4) is 0 Å². The van der Waals surface area contributed by atoms with Crippen molar-refractivity contribution >= 4 is 107 Å². The number of aliphatic hydroxyl groups excluding tert-OH is 2. The van der Waals surface area contributed by atoms with Crippen molar-refractivity contribution < 1.29 is 60.0 Å². The molecule has 0 spiro atoms. The maximum absolute atomic E-state index is 9.77. The van der Waals surface area contributed by atoms with Crippen molar-refractivity contribution in [2.24, 2.45) is 0 Å². The van der Waals surface area contributed by atoms with Crippen LogP contribution in [0.25, 0.3) is 0 Å². The molecular formula is C6H6CaO12Sr. The van der Waals surface area contributed by atoms with Crippen molar-refractivity contribution in [1.82, 2.24) is 0 Å². The first-order valence-electron chi connectivity index (χ1n) is 3.51. The monoisotopic (exact) mass is 398 g/mol. The molecule has 14 heteroatoms. The smallest absolute Gasteiger partial charge is 0.652 e. The zero-order valence-electron chi connectivity index (χ0n) is 9.62. The van der Waals surface area contributed by atoms with Crippen LogP contribution in [0.1, 0.15) is 0 Å². The summed E-state index contributed by atoms with van der Waals surface area (Å²) in [6.45, 7) is 0. The third kappa shape index (κ3) is 36.2. The molecule has 0 aliphatic carbocycles. The molecule has 0 aromatic rings. The van der Waals surface area contributed by atoms with Crippen molar-refractivity contribution in [3.05, 3.63) is 0 Å². The Hall–Kier alpha value is 0.140.